The van der Waals surface area contributed by atoms with E-state index in [1.807, 2.05) is 22.9 Å². The van der Waals surface area contributed by atoms with Gasteiger partial charge in [0, 0.05) is 18.8 Å². The number of carbonyl (C=O) groups excluding carboxylic acids is 1. The Bertz CT molecular complexity index is 743. The molecule has 0 saturated heterocycles. The zero-order valence-corrected chi connectivity index (χ0v) is 10.7. The van der Waals surface area contributed by atoms with E-state index in [-0.39, 0.29) is 0 Å². The molecular formula is C16H14N2O. The molecule has 0 unspecified atom stereocenters. The molecule has 0 aliphatic carbocycles. The van der Waals surface area contributed by atoms with Crippen LogP contribution in [0.3, 0.4) is 0 Å². The van der Waals surface area contributed by atoms with Gasteiger partial charge in [0.15, 0.2) is 6.29 Å². The second-order valence-electron chi connectivity index (χ2n) is 4.71. The number of hydrogen-bond donors (Lipinski definition) is 0. The predicted octanol–water partition coefficient (Wildman–Crippen LogP) is 3.05. The van der Waals surface area contributed by atoms with Crippen LogP contribution in [-0.4, -0.2) is 15.7 Å². The van der Waals surface area contributed by atoms with E-state index >= 15 is 0 Å². The first kappa shape index (κ1) is 11.7. The lowest BCUT2D eigenvalue weighted by Crippen LogP contribution is -1.89. The van der Waals surface area contributed by atoms with E-state index in [9.17, 15) is 4.79 Å². The third-order valence-electron chi connectivity index (χ3n) is 3.16. The van der Waals surface area contributed by atoms with Crippen molar-refractivity contribution in [2.45, 2.75) is 13.3 Å². The smallest absolute Gasteiger partial charge is 0.153 e. The zero-order chi connectivity index (χ0) is 13.2. The number of nitrogens with zero attached hydrogens (tertiary/aromatic N) is 2. The van der Waals surface area contributed by atoms with Gasteiger partial charge >= 0.3 is 0 Å². The summed E-state index contributed by atoms with van der Waals surface area (Å²) in [6, 6.07) is 12.0. The van der Waals surface area contributed by atoms with Crippen molar-refractivity contribution in [1.29, 1.82) is 0 Å². The van der Waals surface area contributed by atoms with E-state index in [0.717, 1.165) is 24.0 Å². The lowest BCUT2D eigenvalue weighted by Gasteiger charge is -1.99. The van der Waals surface area contributed by atoms with Crippen molar-refractivity contribution in [3.05, 3.63) is 71.2 Å². The van der Waals surface area contributed by atoms with Gasteiger partial charge in [0.05, 0.1) is 11.3 Å². The van der Waals surface area contributed by atoms with Crippen molar-refractivity contribution in [3.63, 3.8) is 0 Å². The molecule has 3 aromatic rings. The largest absolute Gasteiger partial charge is 0.306 e. The molecule has 94 valence electrons. The molecule has 0 fully saturated rings. The van der Waals surface area contributed by atoms with Gasteiger partial charge in [-0.3, -0.25) is 4.79 Å². The Labute approximate surface area is 111 Å². The van der Waals surface area contributed by atoms with Gasteiger partial charge in [-0.2, -0.15) is 0 Å². The number of aldehydes is 1. The summed E-state index contributed by atoms with van der Waals surface area (Å²) in [6.07, 6.45) is 5.51. The highest BCUT2D eigenvalue weighted by Gasteiger charge is 2.06. The Morgan fingerprint density at radius 1 is 1.26 bits per heavy atom. The SMILES string of the molecule is Cc1cccc(Cc2cn3cccc(C=O)c3n2)c1. The molecular weight excluding hydrogens is 236 g/mol. The summed E-state index contributed by atoms with van der Waals surface area (Å²) in [5.41, 5.74) is 4.80. The number of benzene rings is 1. The maximum atomic E-state index is 11.0. The van der Waals surface area contributed by atoms with E-state index in [4.69, 9.17) is 0 Å². The van der Waals surface area contributed by atoms with Crippen LogP contribution >= 0.6 is 0 Å². The van der Waals surface area contributed by atoms with Gasteiger partial charge in [-0.15, -0.1) is 0 Å². The lowest BCUT2D eigenvalue weighted by atomic mass is 10.1. The fourth-order valence-electron chi connectivity index (χ4n) is 2.29. The minimum atomic E-state index is 0.623. The van der Waals surface area contributed by atoms with Crippen LogP contribution in [-0.2, 0) is 6.42 Å². The predicted molar refractivity (Wildman–Crippen MR) is 74.6 cm³/mol. The van der Waals surface area contributed by atoms with E-state index < -0.39 is 0 Å². The second kappa shape index (κ2) is 4.69. The molecule has 0 spiro atoms. The van der Waals surface area contributed by atoms with Gasteiger partial charge in [0.2, 0.25) is 0 Å². The summed E-state index contributed by atoms with van der Waals surface area (Å²) < 4.78 is 1.90. The van der Waals surface area contributed by atoms with Crippen molar-refractivity contribution < 1.29 is 4.79 Å². The highest BCUT2D eigenvalue weighted by Crippen LogP contribution is 2.14. The summed E-state index contributed by atoms with van der Waals surface area (Å²) in [6.45, 7) is 2.08. The molecule has 0 atom stereocenters. The molecule has 2 aromatic heterocycles. The van der Waals surface area contributed by atoms with Crippen LogP contribution in [0.2, 0.25) is 0 Å². The number of fused-ring (bicyclic) bond motifs is 1. The summed E-state index contributed by atoms with van der Waals surface area (Å²) >= 11 is 0. The van der Waals surface area contributed by atoms with Crippen molar-refractivity contribution in [3.8, 4) is 0 Å². The van der Waals surface area contributed by atoms with Crippen LogP contribution in [0, 0.1) is 6.92 Å². The standard InChI is InChI=1S/C16H14N2O/c1-12-4-2-5-13(8-12)9-15-10-18-7-3-6-14(11-19)16(18)17-15/h2-8,10-11H,9H2,1H3. The first-order valence-corrected chi connectivity index (χ1v) is 6.23. The number of rotatable bonds is 3. The van der Waals surface area contributed by atoms with Crippen molar-refractivity contribution in [1.82, 2.24) is 9.38 Å². The molecule has 3 nitrogen and oxygen atoms in total. The minimum Gasteiger partial charge on any atom is -0.306 e. The summed E-state index contributed by atoms with van der Waals surface area (Å²) in [5.74, 6) is 0. The molecule has 0 bridgehead atoms. The second-order valence-corrected chi connectivity index (χ2v) is 4.71. The Hall–Kier alpha value is -2.42. The van der Waals surface area contributed by atoms with Crippen molar-refractivity contribution in [2.75, 3.05) is 0 Å². The lowest BCUT2D eigenvalue weighted by molar-refractivity contribution is 0.112. The van der Waals surface area contributed by atoms with Gasteiger partial charge in [0.25, 0.3) is 0 Å². The van der Waals surface area contributed by atoms with E-state index in [1.54, 1.807) is 6.07 Å². The molecule has 1 aromatic carbocycles. The Morgan fingerprint density at radius 3 is 2.95 bits per heavy atom. The molecule has 0 amide bonds. The number of hydrogen-bond acceptors (Lipinski definition) is 2. The number of aromatic nitrogens is 2. The molecule has 2 heterocycles. The van der Waals surface area contributed by atoms with Crippen LogP contribution in [0.5, 0.6) is 0 Å². The molecule has 0 aliphatic heterocycles. The van der Waals surface area contributed by atoms with Gasteiger partial charge in [-0.05, 0) is 24.6 Å². The Kier molecular flexibility index (Phi) is 2.88. The maximum absolute atomic E-state index is 11.0. The molecule has 0 aliphatic rings. The van der Waals surface area contributed by atoms with Crippen molar-refractivity contribution in [2.24, 2.45) is 0 Å². The van der Waals surface area contributed by atoms with E-state index in [1.165, 1.54) is 11.1 Å². The monoisotopic (exact) mass is 250 g/mol. The first-order valence-electron chi connectivity index (χ1n) is 6.23. The molecule has 0 N–H and O–H groups in total. The van der Waals surface area contributed by atoms with E-state index in [0.29, 0.717) is 5.56 Å². The zero-order valence-electron chi connectivity index (χ0n) is 10.7. The molecule has 3 rings (SSSR count). The number of aryl methyl sites for hydroxylation is 1. The van der Waals surface area contributed by atoms with Gasteiger partial charge in [-0.25, -0.2) is 4.98 Å². The van der Waals surface area contributed by atoms with E-state index in [2.05, 4.69) is 36.2 Å². The third-order valence-corrected chi connectivity index (χ3v) is 3.16. The normalized spacial score (nSPS) is 10.8. The summed E-state index contributed by atoms with van der Waals surface area (Å²) in [4.78, 5) is 15.5. The fraction of sp³-hybridized carbons (Fsp3) is 0.125. The highest BCUT2D eigenvalue weighted by atomic mass is 16.1. The van der Waals surface area contributed by atoms with Gasteiger partial charge < -0.3 is 4.40 Å². The highest BCUT2D eigenvalue weighted by molar-refractivity contribution is 5.84. The van der Waals surface area contributed by atoms with Crippen LogP contribution in [0.15, 0.2) is 48.8 Å². The van der Waals surface area contributed by atoms with Crippen LogP contribution < -0.4 is 0 Å². The van der Waals surface area contributed by atoms with Crippen molar-refractivity contribution >= 4 is 11.9 Å². The van der Waals surface area contributed by atoms with Crippen LogP contribution in [0.1, 0.15) is 27.2 Å². The Morgan fingerprint density at radius 2 is 2.16 bits per heavy atom. The van der Waals surface area contributed by atoms with Gasteiger partial charge in [-0.1, -0.05) is 29.8 Å². The molecule has 19 heavy (non-hydrogen) atoms. The Balaban J connectivity index is 2.00. The van der Waals surface area contributed by atoms with Gasteiger partial charge in [0.1, 0.15) is 5.65 Å². The minimum absolute atomic E-state index is 0.623. The topological polar surface area (TPSA) is 34.4 Å². The average molecular weight is 250 g/mol. The quantitative estimate of drug-likeness (QED) is 0.669. The first-order chi connectivity index (χ1) is 9.26. The maximum Gasteiger partial charge on any atom is 0.153 e. The van der Waals surface area contributed by atoms with Crippen LogP contribution in [0.25, 0.3) is 5.65 Å². The number of pyridine rings is 1. The van der Waals surface area contributed by atoms with Crippen LogP contribution in [0.4, 0.5) is 0 Å². The molecule has 0 saturated carbocycles. The molecule has 0 radical (unpaired) electrons. The fourth-order valence-corrected chi connectivity index (χ4v) is 2.29. The number of carbonyl (C=O) groups is 1. The third kappa shape index (κ3) is 2.27. The summed E-state index contributed by atoms with van der Waals surface area (Å²) in [7, 11) is 0. The average Bonchev–Trinajstić information content (AvgIpc) is 2.80. The number of imidazole rings is 1. The molecule has 3 heteroatoms. The summed E-state index contributed by atoms with van der Waals surface area (Å²) in [5, 5.41) is 0.